The molecule has 95 valence electrons. The molecule has 0 N–H and O–H groups in total. The standard InChI is InChI=1S/C13H14NO4/c1-9-4-6-10(7-5-9)14-11(13(16)18-3)8-12(15)17-2/h4-8H,1-3H3/b11-8+. The van der Waals surface area contributed by atoms with Crippen molar-refractivity contribution in [3.63, 3.8) is 0 Å². The second-order valence-electron chi connectivity index (χ2n) is 3.49. The highest BCUT2D eigenvalue weighted by Gasteiger charge is 2.14. The topological polar surface area (TPSA) is 66.7 Å². The molecular weight excluding hydrogens is 234 g/mol. The summed E-state index contributed by atoms with van der Waals surface area (Å²) >= 11 is 0. The number of nitrogens with zero attached hydrogens (tertiary/aromatic N) is 1. The quantitative estimate of drug-likeness (QED) is 0.597. The lowest BCUT2D eigenvalue weighted by molar-refractivity contribution is -0.138. The van der Waals surface area contributed by atoms with Gasteiger partial charge in [0, 0.05) is 0 Å². The van der Waals surface area contributed by atoms with Crippen LogP contribution >= 0.6 is 0 Å². The first-order chi connectivity index (χ1) is 8.56. The van der Waals surface area contributed by atoms with Crippen LogP contribution in [-0.4, -0.2) is 26.2 Å². The fraction of sp³-hybridized carbons (Fsp3) is 0.231. The molecule has 5 heteroatoms. The third kappa shape index (κ3) is 3.93. The first-order valence-electron chi connectivity index (χ1n) is 5.23. The van der Waals surface area contributed by atoms with Crippen LogP contribution in [0.4, 0.5) is 5.69 Å². The normalized spacial score (nSPS) is 10.7. The lowest BCUT2D eigenvalue weighted by Gasteiger charge is -2.06. The van der Waals surface area contributed by atoms with Crippen LogP contribution in [0.3, 0.4) is 0 Å². The summed E-state index contributed by atoms with van der Waals surface area (Å²) in [6.07, 6.45) is 0.992. The Hall–Kier alpha value is -2.30. The molecule has 0 atom stereocenters. The molecule has 0 amide bonds. The highest BCUT2D eigenvalue weighted by atomic mass is 16.5. The van der Waals surface area contributed by atoms with Crippen molar-refractivity contribution in [2.75, 3.05) is 14.2 Å². The number of rotatable bonds is 4. The van der Waals surface area contributed by atoms with E-state index in [1.165, 1.54) is 14.2 Å². The minimum atomic E-state index is -0.694. The van der Waals surface area contributed by atoms with Crippen molar-refractivity contribution < 1.29 is 19.1 Å². The fourth-order valence-corrected chi connectivity index (χ4v) is 1.17. The monoisotopic (exact) mass is 248 g/mol. The molecule has 0 heterocycles. The van der Waals surface area contributed by atoms with E-state index >= 15 is 0 Å². The fourth-order valence-electron chi connectivity index (χ4n) is 1.17. The third-order valence-electron chi connectivity index (χ3n) is 2.13. The first kappa shape index (κ1) is 13.8. The van der Waals surface area contributed by atoms with Crippen molar-refractivity contribution in [3.8, 4) is 0 Å². The van der Waals surface area contributed by atoms with Gasteiger partial charge in [0.2, 0.25) is 0 Å². The third-order valence-corrected chi connectivity index (χ3v) is 2.13. The van der Waals surface area contributed by atoms with Gasteiger partial charge in [0.15, 0.2) is 5.70 Å². The lowest BCUT2D eigenvalue weighted by Crippen LogP contribution is -2.14. The van der Waals surface area contributed by atoms with E-state index < -0.39 is 11.9 Å². The molecule has 0 aliphatic heterocycles. The molecule has 5 nitrogen and oxygen atoms in total. The molecule has 0 aromatic heterocycles. The number of carbonyl (C=O) groups excluding carboxylic acids is 2. The summed E-state index contributed by atoms with van der Waals surface area (Å²) in [6, 6.07) is 7.19. The van der Waals surface area contributed by atoms with Crippen molar-refractivity contribution in [3.05, 3.63) is 41.6 Å². The van der Waals surface area contributed by atoms with Gasteiger partial charge in [-0.3, -0.25) is 0 Å². The maximum atomic E-state index is 11.4. The highest BCUT2D eigenvalue weighted by Crippen LogP contribution is 2.12. The van der Waals surface area contributed by atoms with E-state index in [0.29, 0.717) is 5.69 Å². The van der Waals surface area contributed by atoms with Gasteiger partial charge in [-0.1, -0.05) is 17.7 Å². The van der Waals surface area contributed by atoms with Crippen LogP contribution < -0.4 is 5.32 Å². The Kier molecular flexibility index (Phi) is 4.92. The van der Waals surface area contributed by atoms with Crippen LogP contribution in [-0.2, 0) is 19.1 Å². The molecule has 0 fully saturated rings. The van der Waals surface area contributed by atoms with E-state index in [1.54, 1.807) is 12.1 Å². The Morgan fingerprint density at radius 2 is 1.72 bits per heavy atom. The number of benzene rings is 1. The van der Waals surface area contributed by atoms with Crippen LogP contribution in [0, 0.1) is 6.92 Å². The van der Waals surface area contributed by atoms with Gasteiger partial charge in [-0.25, -0.2) is 14.9 Å². The van der Waals surface area contributed by atoms with Crippen molar-refractivity contribution in [2.24, 2.45) is 0 Å². The molecular formula is C13H14NO4. The summed E-state index contributed by atoms with van der Waals surface area (Å²) in [5.74, 6) is -1.35. The van der Waals surface area contributed by atoms with Crippen LogP contribution in [0.15, 0.2) is 36.0 Å². The molecule has 0 aliphatic carbocycles. The number of esters is 2. The predicted octanol–water partition coefficient (Wildman–Crippen LogP) is 1.46. The average Bonchev–Trinajstić information content (AvgIpc) is 2.39. The first-order valence-corrected chi connectivity index (χ1v) is 5.23. The summed E-state index contributed by atoms with van der Waals surface area (Å²) in [6.45, 7) is 1.94. The molecule has 0 bridgehead atoms. The van der Waals surface area contributed by atoms with E-state index in [2.05, 4.69) is 14.8 Å². The maximum Gasteiger partial charge on any atom is 0.356 e. The Bertz CT molecular complexity index is 462. The minimum absolute atomic E-state index is 0.104. The van der Waals surface area contributed by atoms with E-state index in [0.717, 1.165) is 11.6 Å². The van der Waals surface area contributed by atoms with Crippen LogP contribution in [0.1, 0.15) is 5.56 Å². The predicted molar refractivity (Wildman–Crippen MR) is 65.1 cm³/mol. The molecule has 1 aromatic rings. The van der Waals surface area contributed by atoms with Crippen LogP contribution in [0.25, 0.3) is 0 Å². The van der Waals surface area contributed by atoms with Gasteiger partial charge < -0.3 is 9.47 Å². The smallest absolute Gasteiger partial charge is 0.356 e. The van der Waals surface area contributed by atoms with E-state index in [9.17, 15) is 9.59 Å². The Morgan fingerprint density at radius 3 is 2.22 bits per heavy atom. The summed E-state index contributed by atoms with van der Waals surface area (Å²) in [5, 5.41) is 4.04. The maximum absolute atomic E-state index is 11.4. The Balaban J connectivity index is 2.91. The van der Waals surface area contributed by atoms with Gasteiger partial charge in [-0.05, 0) is 19.1 Å². The van der Waals surface area contributed by atoms with E-state index in [4.69, 9.17) is 0 Å². The zero-order chi connectivity index (χ0) is 13.5. The Labute approximate surface area is 105 Å². The second kappa shape index (κ2) is 6.44. The number of methoxy groups -OCH3 is 2. The number of hydrogen-bond donors (Lipinski definition) is 0. The summed E-state index contributed by atoms with van der Waals surface area (Å²) < 4.78 is 8.99. The van der Waals surface area contributed by atoms with Gasteiger partial charge in [0.25, 0.3) is 0 Å². The zero-order valence-corrected chi connectivity index (χ0v) is 10.5. The number of aryl methyl sites for hydroxylation is 1. The van der Waals surface area contributed by atoms with Crippen LogP contribution in [0.2, 0.25) is 0 Å². The van der Waals surface area contributed by atoms with E-state index in [1.807, 2.05) is 19.1 Å². The largest absolute Gasteiger partial charge is 0.466 e. The molecule has 0 aliphatic rings. The van der Waals surface area contributed by atoms with Crippen molar-refractivity contribution in [1.82, 2.24) is 5.32 Å². The molecule has 1 aromatic carbocycles. The molecule has 0 saturated carbocycles. The average molecular weight is 248 g/mol. The van der Waals surface area contributed by atoms with Crippen molar-refractivity contribution in [2.45, 2.75) is 6.92 Å². The van der Waals surface area contributed by atoms with E-state index in [-0.39, 0.29) is 5.70 Å². The van der Waals surface area contributed by atoms with Gasteiger partial charge in [-0.2, -0.15) is 0 Å². The summed E-state index contributed by atoms with van der Waals surface area (Å²) in [4.78, 5) is 22.6. The summed E-state index contributed by atoms with van der Waals surface area (Å²) in [7, 11) is 2.44. The van der Waals surface area contributed by atoms with Gasteiger partial charge >= 0.3 is 11.9 Å². The molecule has 0 saturated heterocycles. The summed E-state index contributed by atoms with van der Waals surface area (Å²) in [5.41, 5.74) is 1.53. The molecule has 0 spiro atoms. The van der Waals surface area contributed by atoms with Gasteiger partial charge in [0.05, 0.1) is 26.0 Å². The Morgan fingerprint density at radius 1 is 1.11 bits per heavy atom. The van der Waals surface area contributed by atoms with Gasteiger partial charge in [-0.15, -0.1) is 0 Å². The number of ether oxygens (including phenoxy) is 2. The SMILES string of the molecule is COC(=O)/C=C(/[N]c1ccc(C)cc1)C(=O)OC. The van der Waals surface area contributed by atoms with Crippen LogP contribution in [0.5, 0.6) is 0 Å². The molecule has 1 radical (unpaired) electrons. The minimum Gasteiger partial charge on any atom is -0.466 e. The second-order valence-corrected chi connectivity index (χ2v) is 3.49. The van der Waals surface area contributed by atoms with Gasteiger partial charge in [0.1, 0.15) is 0 Å². The van der Waals surface area contributed by atoms with Crippen molar-refractivity contribution in [1.29, 1.82) is 0 Å². The molecule has 0 unspecified atom stereocenters. The number of carbonyl (C=O) groups is 2. The highest BCUT2D eigenvalue weighted by molar-refractivity contribution is 5.96. The molecule has 18 heavy (non-hydrogen) atoms. The number of hydrogen-bond acceptors (Lipinski definition) is 4. The zero-order valence-electron chi connectivity index (χ0n) is 10.5. The van der Waals surface area contributed by atoms with Crippen molar-refractivity contribution >= 4 is 17.6 Å². The lowest BCUT2D eigenvalue weighted by atomic mass is 10.2. The molecule has 1 rings (SSSR count).